The smallest absolute Gasteiger partial charge is 0.326 e. The molecule has 0 atom stereocenters. The van der Waals surface area contributed by atoms with Crippen LogP contribution in [0.3, 0.4) is 0 Å². The molecule has 1 aliphatic carbocycles. The first-order chi connectivity index (χ1) is 14.9. The molecule has 2 amide bonds. The molecule has 4 rings (SSSR count). The van der Waals surface area contributed by atoms with E-state index in [-0.39, 0.29) is 28.8 Å². The second kappa shape index (κ2) is 7.62. The van der Waals surface area contributed by atoms with Gasteiger partial charge in [0.25, 0.3) is 5.91 Å². The molecule has 168 valence electrons. The monoisotopic (exact) mass is 466 g/mol. The van der Waals surface area contributed by atoms with E-state index in [1.54, 1.807) is 0 Å². The normalized spacial score (nSPS) is 17.4. The SMILES string of the molecule is Cc1cc(C(F)(F)F)nn1-c1cc(NC(=O)C2CC2)ccc1C(=O)N1C=CS(=O)(=O)C=C1. The summed E-state index contributed by atoms with van der Waals surface area (Å²) in [6, 6.07) is 5.01. The number of benzene rings is 1. The van der Waals surface area contributed by atoms with E-state index in [0.717, 1.165) is 51.7 Å². The number of nitrogens with zero attached hydrogens (tertiary/aromatic N) is 3. The van der Waals surface area contributed by atoms with Crippen LogP contribution in [0.2, 0.25) is 0 Å². The number of sulfone groups is 1. The molecule has 1 aromatic carbocycles. The third-order valence-electron chi connectivity index (χ3n) is 4.91. The predicted octanol–water partition coefficient (Wildman–Crippen LogP) is 3.36. The second-order valence-corrected chi connectivity index (χ2v) is 9.17. The van der Waals surface area contributed by atoms with Gasteiger partial charge in [-0.1, -0.05) is 0 Å². The highest BCUT2D eigenvalue weighted by Gasteiger charge is 2.35. The van der Waals surface area contributed by atoms with Gasteiger partial charge in [0.1, 0.15) is 0 Å². The number of carbonyl (C=O) groups is 2. The molecule has 1 aromatic heterocycles. The minimum Gasteiger partial charge on any atom is -0.326 e. The highest BCUT2D eigenvalue weighted by atomic mass is 32.2. The Balaban J connectivity index is 1.78. The van der Waals surface area contributed by atoms with Gasteiger partial charge in [0.2, 0.25) is 5.91 Å². The summed E-state index contributed by atoms with van der Waals surface area (Å²) in [5, 5.41) is 7.96. The van der Waals surface area contributed by atoms with Crippen molar-refractivity contribution in [3.05, 3.63) is 64.4 Å². The Morgan fingerprint density at radius 2 is 1.78 bits per heavy atom. The number of aromatic nitrogens is 2. The van der Waals surface area contributed by atoms with Crippen molar-refractivity contribution < 1.29 is 31.2 Å². The molecule has 0 unspecified atom stereocenters. The van der Waals surface area contributed by atoms with Crippen LogP contribution in [0.25, 0.3) is 5.69 Å². The fourth-order valence-electron chi connectivity index (χ4n) is 3.08. The Morgan fingerprint density at radius 3 is 2.34 bits per heavy atom. The molecule has 2 heterocycles. The zero-order valence-electron chi connectivity index (χ0n) is 16.6. The molecule has 1 saturated carbocycles. The lowest BCUT2D eigenvalue weighted by atomic mass is 10.1. The summed E-state index contributed by atoms with van der Waals surface area (Å²) in [4.78, 5) is 26.2. The van der Waals surface area contributed by atoms with Crippen molar-refractivity contribution in [2.24, 2.45) is 5.92 Å². The van der Waals surface area contributed by atoms with Crippen LogP contribution in [-0.2, 0) is 20.8 Å². The van der Waals surface area contributed by atoms with Crippen molar-refractivity contribution in [3.63, 3.8) is 0 Å². The van der Waals surface area contributed by atoms with Gasteiger partial charge >= 0.3 is 6.18 Å². The summed E-state index contributed by atoms with van der Waals surface area (Å²) < 4.78 is 63.6. The van der Waals surface area contributed by atoms with Crippen LogP contribution in [-0.4, -0.2) is 34.9 Å². The topological polar surface area (TPSA) is 101 Å². The summed E-state index contributed by atoms with van der Waals surface area (Å²) in [5.41, 5.74) is -0.756. The van der Waals surface area contributed by atoms with Crippen LogP contribution in [0.4, 0.5) is 18.9 Å². The number of alkyl halides is 3. The first kappa shape index (κ1) is 21.8. The van der Waals surface area contributed by atoms with Crippen LogP contribution >= 0.6 is 0 Å². The van der Waals surface area contributed by atoms with Gasteiger partial charge in [0, 0.05) is 29.7 Å². The maximum atomic E-state index is 13.2. The number of hydrogen-bond acceptors (Lipinski definition) is 5. The highest BCUT2D eigenvalue weighted by molar-refractivity contribution is 7.97. The lowest BCUT2D eigenvalue weighted by Crippen LogP contribution is -2.24. The van der Waals surface area contributed by atoms with E-state index in [4.69, 9.17) is 0 Å². The Hall–Kier alpha value is -3.41. The number of aryl methyl sites for hydroxylation is 1. The average Bonchev–Trinajstić information content (AvgIpc) is 3.48. The van der Waals surface area contributed by atoms with E-state index < -0.39 is 27.6 Å². The van der Waals surface area contributed by atoms with Crippen LogP contribution in [0.5, 0.6) is 0 Å². The molecular formula is C20H17F3N4O4S. The number of halogens is 3. The zero-order valence-corrected chi connectivity index (χ0v) is 17.4. The average molecular weight is 466 g/mol. The quantitative estimate of drug-likeness (QED) is 0.745. The molecule has 2 aliphatic rings. The number of hydrogen-bond donors (Lipinski definition) is 1. The molecule has 1 fully saturated rings. The van der Waals surface area contributed by atoms with Gasteiger partial charge < -0.3 is 5.32 Å². The molecule has 0 bridgehead atoms. The van der Waals surface area contributed by atoms with Crippen molar-refractivity contribution in [1.29, 1.82) is 0 Å². The van der Waals surface area contributed by atoms with E-state index in [1.807, 2.05) is 0 Å². The summed E-state index contributed by atoms with van der Waals surface area (Å²) in [6.45, 7) is 1.40. The predicted molar refractivity (Wildman–Crippen MR) is 108 cm³/mol. The van der Waals surface area contributed by atoms with Gasteiger partial charge in [-0.3, -0.25) is 14.5 Å². The van der Waals surface area contributed by atoms with E-state index in [9.17, 15) is 31.2 Å². The molecule has 8 nitrogen and oxygen atoms in total. The third kappa shape index (κ3) is 4.44. The van der Waals surface area contributed by atoms with Gasteiger partial charge in [0.15, 0.2) is 15.5 Å². The van der Waals surface area contributed by atoms with Gasteiger partial charge in [-0.2, -0.15) is 18.3 Å². The Kier molecular flexibility index (Phi) is 5.19. The van der Waals surface area contributed by atoms with Gasteiger partial charge in [0.05, 0.1) is 22.1 Å². The first-order valence-electron chi connectivity index (χ1n) is 9.48. The number of anilines is 1. The van der Waals surface area contributed by atoms with Crippen molar-refractivity contribution in [1.82, 2.24) is 14.7 Å². The van der Waals surface area contributed by atoms with Crippen molar-refractivity contribution in [2.45, 2.75) is 25.9 Å². The van der Waals surface area contributed by atoms with Gasteiger partial charge in [-0.15, -0.1) is 0 Å². The van der Waals surface area contributed by atoms with Crippen molar-refractivity contribution >= 4 is 27.3 Å². The fourth-order valence-corrected chi connectivity index (χ4v) is 3.77. The lowest BCUT2D eigenvalue weighted by Gasteiger charge is -2.19. The third-order valence-corrected chi connectivity index (χ3v) is 5.91. The number of rotatable bonds is 4. The van der Waals surface area contributed by atoms with E-state index >= 15 is 0 Å². The zero-order chi connectivity index (χ0) is 23.3. The number of nitrogens with one attached hydrogen (secondary N) is 1. The summed E-state index contributed by atoms with van der Waals surface area (Å²) in [7, 11) is -3.58. The van der Waals surface area contributed by atoms with Gasteiger partial charge in [-0.05, 0) is 44.0 Å². The molecular weight excluding hydrogens is 449 g/mol. The minimum absolute atomic E-state index is 0.00632. The van der Waals surface area contributed by atoms with Gasteiger partial charge in [-0.25, -0.2) is 13.1 Å². The maximum absolute atomic E-state index is 13.2. The number of amides is 2. The fraction of sp³-hybridized carbons (Fsp3) is 0.250. The van der Waals surface area contributed by atoms with Crippen molar-refractivity contribution in [3.8, 4) is 5.69 Å². The highest BCUT2D eigenvalue weighted by Crippen LogP contribution is 2.33. The first-order valence-corrected chi connectivity index (χ1v) is 11.1. The standard InChI is InChI=1S/C20H17F3N4O4S/c1-12-10-17(20(21,22)23)25-27(12)16-11-14(24-18(28)13-2-3-13)4-5-15(16)19(29)26-6-8-32(30,31)9-7-26/h4-11,13H,2-3H2,1H3,(H,24,28). The van der Waals surface area contributed by atoms with Crippen LogP contribution in [0.1, 0.15) is 34.6 Å². The Bertz CT molecular complexity index is 1250. The molecule has 0 radical (unpaired) electrons. The summed E-state index contributed by atoms with van der Waals surface area (Å²) >= 11 is 0. The molecule has 1 N–H and O–H groups in total. The summed E-state index contributed by atoms with van der Waals surface area (Å²) in [6.07, 6.45) is -1.08. The van der Waals surface area contributed by atoms with Crippen molar-refractivity contribution in [2.75, 3.05) is 5.32 Å². The van der Waals surface area contributed by atoms with Crippen LogP contribution < -0.4 is 5.32 Å². The number of carbonyl (C=O) groups excluding carboxylic acids is 2. The molecule has 0 spiro atoms. The Morgan fingerprint density at radius 1 is 1.12 bits per heavy atom. The largest absolute Gasteiger partial charge is 0.435 e. The lowest BCUT2D eigenvalue weighted by molar-refractivity contribution is -0.141. The second-order valence-electron chi connectivity index (χ2n) is 7.45. The minimum atomic E-state index is -4.69. The molecule has 2 aromatic rings. The van der Waals surface area contributed by atoms with Crippen LogP contribution in [0.15, 0.2) is 47.5 Å². The molecule has 1 aliphatic heterocycles. The maximum Gasteiger partial charge on any atom is 0.435 e. The van der Waals surface area contributed by atoms with E-state index in [1.165, 1.54) is 25.1 Å². The van der Waals surface area contributed by atoms with E-state index in [2.05, 4.69) is 10.4 Å². The van der Waals surface area contributed by atoms with E-state index in [0.29, 0.717) is 5.69 Å². The molecule has 32 heavy (non-hydrogen) atoms. The molecule has 12 heteroatoms. The van der Waals surface area contributed by atoms with Crippen LogP contribution in [0, 0.1) is 12.8 Å². The summed E-state index contributed by atoms with van der Waals surface area (Å²) in [5.74, 6) is -1.00. The Labute approximate surface area is 180 Å². The molecule has 0 saturated heterocycles.